The summed E-state index contributed by atoms with van der Waals surface area (Å²) in [4.78, 5) is 30.2. The number of carbonyl (C=O) groups is 2. The van der Waals surface area contributed by atoms with Gasteiger partial charge in [0.25, 0.3) is 5.91 Å². The van der Waals surface area contributed by atoms with Gasteiger partial charge in [0.05, 0.1) is 17.8 Å². The van der Waals surface area contributed by atoms with Gasteiger partial charge in [-0.2, -0.15) is 0 Å². The van der Waals surface area contributed by atoms with Crippen molar-refractivity contribution in [1.82, 2.24) is 15.3 Å². The number of amides is 1. The van der Waals surface area contributed by atoms with Crippen LogP contribution in [0.3, 0.4) is 0 Å². The molecule has 0 saturated heterocycles. The third kappa shape index (κ3) is 3.53. The van der Waals surface area contributed by atoms with Crippen LogP contribution in [0.4, 0.5) is 4.39 Å². The van der Waals surface area contributed by atoms with Gasteiger partial charge < -0.3 is 10.4 Å². The molecule has 1 unspecified atom stereocenters. The van der Waals surface area contributed by atoms with Gasteiger partial charge in [-0.15, -0.1) is 11.3 Å². The molecule has 21 heavy (non-hydrogen) atoms. The Kier molecular flexibility index (Phi) is 4.49. The Morgan fingerprint density at radius 2 is 2.24 bits per heavy atom. The summed E-state index contributed by atoms with van der Waals surface area (Å²) in [6, 6.07) is 0.428. The van der Waals surface area contributed by atoms with Crippen LogP contribution < -0.4 is 5.32 Å². The Labute approximate surface area is 127 Å². The van der Waals surface area contributed by atoms with E-state index in [-0.39, 0.29) is 16.4 Å². The second-order valence-corrected chi connectivity index (χ2v) is 5.31. The summed E-state index contributed by atoms with van der Waals surface area (Å²) in [5.41, 5.74) is -0.194. The molecule has 0 bridgehead atoms. The molecule has 0 fully saturated rings. The largest absolute Gasteiger partial charge is 0.476 e. The predicted octanol–water partition coefficient (Wildman–Crippen LogP) is 2.52. The molecule has 2 heterocycles. The average molecular weight is 330 g/mol. The van der Waals surface area contributed by atoms with Crippen LogP contribution in [-0.4, -0.2) is 27.0 Å². The number of hydrogen-bond donors (Lipinski definition) is 2. The van der Waals surface area contributed by atoms with E-state index in [1.807, 2.05) is 0 Å². The van der Waals surface area contributed by atoms with E-state index in [0.717, 1.165) is 23.6 Å². The molecule has 0 aromatic carbocycles. The maximum absolute atomic E-state index is 13.1. The Morgan fingerprint density at radius 1 is 1.52 bits per heavy atom. The molecule has 2 aromatic rings. The van der Waals surface area contributed by atoms with Gasteiger partial charge in [-0.1, -0.05) is 11.6 Å². The second-order valence-electron chi connectivity index (χ2n) is 4.06. The van der Waals surface area contributed by atoms with Crippen LogP contribution in [0.1, 0.15) is 38.8 Å². The van der Waals surface area contributed by atoms with Crippen LogP contribution in [-0.2, 0) is 0 Å². The molecular formula is C12H9ClFN3O3S. The molecule has 2 aromatic heterocycles. The zero-order valence-corrected chi connectivity index (χ0v) is 12.2. The van der Waals surface area contributed by atoms with E-state index in [4.69, 9.17) is 16.7 Å². The molecule has 0 aliphatic rings. The molecule has 0 saturated carbocycles. The summed E-state index contributed by atoms with van der Waals surface area (Å²) in [6.45, 7) is 1.63. The van der Waals surface area contributed by atoms with E-state index in [0.29, 0.717) is 5.01 Å². The molecular weight excluding hydrogens is 321 g/mol. The SMILES string of the molecule is CC(NC(=O)c1cc(F)cnc1Cl)c1nc(C(=O)O)cs1. The van der Waals surface area contributed by atoms with Gasteiger partial charge in [0, 0.05) is 5.38 Å². The molecule has 0 spiro atoms. The van der Waals surface area contributed by atoms with Crippen molar-refractivity contribution in [3.8, 4) is 0 Å². The number of carboxylic acids is 1. The van der Waals surface area contributed by atoms with Crippen LogP contribution >= 0.6 is 22.9 Å². The van der Waals surface area contributed by atoms with Gasteiger partial charge in [0.15, 0.2) is 5.69 Å². The van der Waals surface area contributed by atoms with Gasteiger partial charge in [-0.05, 0) is 13.0 Å². The molecule has 0 aliphatic heterocycles. The van der Waals surface area contributed by atoms with Crippen LogP contribution in [0.5, 0.6) is 0 Å². The van der Waals surface area contributed by atoms with Crippen molar-refractivity contribution in [2.75, 3.05) is 0 Å². The Bertz CT molecular complexity index is 707. The Hall–Kier alpha value is -2.06. The minimum Gasteiger partial charge on any atom is -0.476 e. The standard InChI is InChI=1S/C12H9ClFN3O3S/c1-5(11-17-8(4-21-11)12(19)20)16-10(18)7-2-6(14)3-15-9(7)13/h2-5H,1H3,(H,16,18)(H,19,20). The zero-order chi connectivity index (χ0) is 15.6. The van der Waals surface area contributed by atoms with E-state index in [9.17, 15) is 14.0 Å². The minimum atomic E-state index is -1.14. The van der Waals surface area contributed by atoms with Crippen molar-refractivity contribution in [1.29, 1.82) is 0 Å². The summed E-state index contributed by atoms with van der Waals surface area (Å²) in [5, 5.41) is 13.0. The van der Waals surface area contributed by atoms with E-state index in [2.05, 4.69) is 15.3 Å². The normalized spacial score (nSPS) is 12.0. The maximum Gasteiger partial charge on any atom is 0.355 e. The van der Waals surface area contributed by atoms with Gasteiger partial charge in [0.2, 0.25) is 0 Å². The van der Waals surface area contributed by atoms with Gasteiger partial charge >= 0.3 is 5.97 Å². The number of hydrogen-bond acceptors (Lipinski definition) is 5. The first-order valence-electron chi connectivity index (χ1n) is 5.69. The van der Waals surface area contributed by atoms with Crippen molar-refractivity contribution in [2.45, 2.75) is 13.0 Å². The number of nitrogens with one attached hydrogen (secondary N) is 1. The Balaban J connectivity index is 2.14. The summed E-state index contributed by atoms with van der Waals surface area (Å²) < 4.78 is 13.1. The topological polar surface area (TPSA) is 92.2 Å². The van der Waals surface area contributed by atoms with Crippen molar-refractivity contribution < 1.29 is 19.1 Å². The van der Waals surface area contributed by atoms with Gasteiger partial charge in [-0.25, -0.2) is 19.2 Å². The fraction of sp³-hybridized carbons (Fsp3) is 0.167. The molecule has 6 nitrogen and oxygen atoms in total. The predicted molar refractivity (Wildman–Crippen MR) is 74.2 cm³/mol. The lowest BCUT2D eigenvalue weighted by Gasteiger charge is -2.11. The lowest BCUT2D eigenvalue weighted by atomic mass is 10.2. The molecule has 0 aliphatic carbocycles. The molecule has 110 valence electrons. The molecule has 2 N–H and O–H groups in total. The highest BCUT2D eigenvalue weighted by Gasteiger charge is 2.19. The number of nitrogens with zero attached hydrogens (tertiary/aromatic N) is 2. The smallest absolute Gasteiger partial charge is 0.355 e. The highest BCUT2D eigenvalue weighted by atomic mass is 35.5. The van der Waals surface area contributed by atoms with Crippen LogP contribution in [0.25, 0.3) is 0 Å². The number of carbonyl (C=O) groups excluding carboxylic acids is 1. The fourth-order valence-corrected chi connectivity index (χ4v) is 2.49. The molecule has 2 rings (SSSR count). The number of halogens is 2. The summed E-state index contributed by atoms with van der Waals surface area (Å²) in [6.07, 6.45) is 0.905. The van der Waals surface area contributed by atoms with Crippen LogP contribution in [0.2, 0.25) is 5.15 Å². The number of aromatic nitrogens is 2. The zero-order valence-electron chi connectivity index (χ0n) is 10.6. The number of pyridine rings is 1. The number of aromatic carboxylic acids is 1. The number of carboxylic acid groups (broad SMARTS) is 1. The lowest BCUT2D eigenvalue weighted by Crippen LogP contribution is -2.27. The van der Waals surface area contributed by atoms with Crippen molar-refractivity contribution >= 4 is 34.8 Å². The monoisotopic (exact) mass is 329 g/mol. The highest BCUT2D eigenvalue weighted by Crippen LogP contribution is 2.20. The molecule has 9 heteroatoms. The summed E-state index contributed by atoms with van der Waals surface area (Å²) >= 11 is 6.84. The van der Waals surface area contributed by atoms with Crippen LogP contribution in [0, 0.1) is 5.82 Å². The lowest BCUT2D eigenvalue weighted by molar-refractivity contribution is 0.0691. The van der Waals surface area contributed by atoms with Gasteiger partial charge in [-0.3, -0.25) is 4.79 Å². The maximum atomic E-state index is 13.1. The molecule has 1 atom stereocenters. The number of rotatable bonds is 4. The first-order valence-corrected chi connectivity index (χ1v) is 6.95. The molecule has 1 amide bonds. The van der Waals surface area contributed by atoms with E-state index >= 15 is 0 Å². The van der Waals surface area contributed by atoms with Crippen LogP contribution in [0.15, 0.2) is 17.6 Å². The van der Waals surface area contributed by atoms with Crippen molar-refractivity contribution in [3.05, 3.63) is 44.9 Å². The third-order valence-corrected chi connectivity index (χ3v) is 3.84. The fourth-order valence-electron chi connectivity index (χ4n) is 1.50. The quantitative estimate of drug-likeness (QED) is 0.841. The van der Waals surface area contributed by atoms with E-state index < -0.39 is 23.7 Å². The third-order valence-electron chi connectivity index (χ3n) is 2.51. The highest BCUT2D eigenvalue weighted by molar-refractivity contribution is 7.09. The first kappa shape index (κ1) is 15.3. The van der Waals surface area contributed by atoms with E-state index in [1.165, 1.54) is 5.38 Å². The first-order chi connectivity index (χ1) is 9.88. The minimum absolute atomic E-state index is 0.0958. The van der Waals surface area contributed by atoms with E-state index in [1.54, 1.807) is 6.92 Å². The number of thiazole rings is 1. The second kappa shape index (κ2) is 6.15. The molecule has 0 radical (unpaired) electrons. The average Bonchev–Trinajstić information content (AvgIpc) is 2.91. The Morgan fingerprint density at radius 3 is 2.86 bits per heavy atom. The summed E-state index contributed by atoms with van der Waals surface area (Å²) in [7, 11) is 0. The van der Waals surface area contributed by atoms with Crippen molar-refractivity contribution in [3.63, 3.8) is 0 Å². The summed E-state index contributed by atoms with van der Waals surface area (Å²) in [5.74, 6) is -2.44. The van der Waals surface area contributed by atoms with Crippen molar-refractivity contribution in [2.24, 2.45) is 0 Å². The van der Waals surface area contributed by atoms with Gasteiger partial charge in [0.1, 0.15) is 16.0 Å².